The predicted octanol–water partition coefficient (Wildman–Crippen LogP) is 2.57. The molecule has 2 fully saturated rings. The van der Waals surface area contributed by atoms with Crippen molar-refractivity contribution in [1.82, 2.24) is 19.8 Å². The van der Waals surface area contributed by atoms with Crippen molar-refractivity contribution in [3.05, 3.63) is 34.4 Å². The largest absolute Gasteiger partial charge is 0.361 e. The maximum atomic E-state index is 5.37. The van der Waals surface area contributed by atoms with E-state index in [1.165, 1.54) is 18.4 Å². The van der Waals surface area contributed by atoms with Crippen LogP contribution in [-0.2, 0) is 6.54 Å². The van der Waals surface area contributed by atoms with Crippen LogP contribution in [0.3, 0.4) is 0 Å². The first kappa shape index (κ1) is 11.7. The molecule has 1 aliphatic heterocycles. The highest BCUT2D eigenvalue weighted by atomic mass is 79.9. The van der Waals surface area contributed by atoms with Crippen LogP contribution in [0.15, 0.2) is 27.6 Å². The van der Waals surface area contributed by atoms with Crippen LogP contribution in [0.4, 0.5) is 0 Å². The Kier molecular flexibility index (Phi) is 2.73. The van der Waals surface area contributed by atoms with Crippen molar-refractivity contribution in [2.45, 2.75) is 31.3 Å². The van der Waals surface area contributed by atoms with Gasteiger partial charge >= 0.3 is 0 Å². The Morgan fingerprint density at radius 2 is 2.16 bits per heavy atom. The van der Waals surface area contributed by atoms with E-state index in [2.05, 4.69) is 31.1 Å². The van der Waals surface area contributed by atoms with Crippen molar-refractivity contribution in [2.24, 2.45) is 0 Å². The molecular weight excluding hydrogens is 308 g/mol. The van der Waals surface area contributed by atoms with E-state index in [0.717, 1.165) is 29.9 Å². The number of rotatable bonds is 4. The molecule has 0 atom stereocenters. The normalized spacial score (nSPS) is 20.7. The monoisotopic (exact) mass is 322 g/mol. The summed E-state index contributed by atoms with van der Waals surface area (Å²) in [6, 6.07) is 0.496. The Morgan fingerprint density at radius 1 is 1.32 bits per heavy atom. The summed E-state index contributed by atoms with van der Waals surface area (Å²) in [6.07, 6.45) is 8.27. The van der Waals surface area contributed by atoms with E-state index >= 15 is 0 Å². The fourth-order valence-corrected chi connectivity index (χ4v) is 2.97. The van der Waals surface area contributed by atoms with Gasteiger partial charge in [-0.2, -0.15) is 5.10 Å². The van der Waals surface area contributed by atoms with Gasteiger partial charge in [0, 0.05) is 37.3 Å². The molecule has 6 heteroatoms. The molecule has 0 aromatic carbocycles. The molecule has 0 N–H and O–H groups in total. The van der Waals surface area contributed by atoms with Crippen LogP contribution in [0, 0.1) is 0 Å². The van der Waals surface area contributed by atoms with Crippen molar-refractivity contribution in [3.63, 3.8) is 0 Å². The van der Waals surface area contributed by atoms with Crippen LogP contribution in [0.2, 0.25) is 0 Å². The predicted molar refractivity (Wildman–Crippen MR) is 72.7 cm³/mol. The van der Waals surface area contributed by atoms with Gasteiger partial charge in [-0.1, -0.05) is 5.16 Å². The molecule has 2 aromatic heterocycles. The van der Waals surface area contributed by atoms with E-state index in [1.807, 2.05) is 23.3 Å². The summed E-state index contributed by atoms with van der Waals surface area (Å²) in [6.45, 7) is 3.04. The zero-order chi connectivity index (χ0) is 12.8. The third-order valence-corrected chi connectivity index (χ3v) is 4.31. The van der Waals surface area contributed by atoms with Gasteiger partial charge in [0.05, 0.1) is 22.9 Å². The summed E-state index contributed by atoms with van der Waals surface area (Å²) in [7, 11) is 0. The topological polar surface area (TPSA) is 47.1 Å². The first-order chi connectivity index (χ1) is 9.29. The molecule has 19 heavy (non-hydrogen) atoms. The first-order valence-corrected chi connectivity index (χ1v) is 7.44. The average Bonchev–Trinajstić information content (AvgIpc) is 2.94. The third kappa shape index (κ3) is 2.23. The fraction of sp³-hybridized carbons (Fsp3) is 0.538. The molecule has 0 radical (unpaired) electrons. The van der Waals surface area contributed by atoms with E-state index < -0.39 is 0 Å². The smallest absolute Gasteiger partial charge is 0.144 e. The molecule has 0 unspecified atom stereocenters. The van der Waals surface area contributed by atoms with Crippen molar-refractivity contribution >= 4 is 15.9 Å². The zero-order valence-electron chi connectivity index (χ0n) is 10.5. The lowest BCUT2D eigenvalue weighted by Crippen LogP contribution is -2.47. The van der Waals surface area contributed by atoms with Gasteiger partial charge in [-0.05, 0) is 28.8 Å². The highest BCUT2D eigenvalue weighted by Crippen LogP contribution is 2.42. The molecule has 100 valence electrons. The Labute approximate surface area is 119 Å². The van der Waals surface area contributed by atoms with E-state index in [0.29, 0.717) is 12.0 Å². The van der Waals surface area contributed by atoms with Crippen molar-refractivity contribution in [2.75, 3.05) is 13.1 Å². The minimum absolute atomic E-state index is 0.496. The van der Waals surface area contributed by atoms with Gasteiger partial charge in [0.15, 0.2) is 0 Å². The summed E-state index contributed by atoms with van der Waals surface area (Å²) >= 11 is 3.43. The standard InChI is InChI=1S/C13H15BrN4O/c14-11-4-15-18(6-11)12-7-17(8-12)5-10-3-16-19-13(10)9-1-2-9/h3-4,6,9,12H,1-2,5,7-8H2. The molecule has 3 heterocycles. The maximum absolute atomic E-state index is 5.37. The zero-order valence-corrected chi connectivity index (χ0v) is 12.1. The summed E-state index contributed by atoms with van der Waals surface area (Å²) in [5.74, 6) is 1.75. The maximum Gasteiger partial charge on any atom is 0.144 e. The lowest BCUT2D eigenvalue weighted by molar-refractivity contribution is 0.0902. The van der Waals surface area contributed by atoms with Crippen LogP contribution >= 0.6 is 15.9 Å². The number of hydrogen-bond donors (Lipinski definition) is 0. The molecule has 5 nitrogen and oxygen atoms in total. The molecule has 2 aromatic rings. The fourth-order valence-electron chi connectivity index (χ4n) is 2.66. The van der Waals surface area contributed by atoms with Crippen LogP contribution in [0.5, 0.6) is 0 Å². The molecule has 0 amide bonds. The van der Waals surface area contributed by atoms with Gasteiger partial charge in [-0.3, -0.25) is 9.58 Å². The third-order valence-electron chi connectivity index (χ3n) is 3.90. The van der Waals surface area contributed by atoms with Gasteiger partial charge in [-0.25, -0.2) is 0 Å². The number of likely N-dealkylation sites (tertiary alicyclic amines) is 1. The molecule has 1 aliphatic carbocycles. The van der Waals surface area contributed by atoms with E-state index in [-0.39, 0.29) is 0 Å². The lowest BCUT2D eigenvalue weighted by Gasteiger charge is -2.39. The molecule has 1 saturated heterocycles. The number of halogens is 1. The van der Waals surface area contributed by atoms with E-state index in [4.69, 9.17) is 4.52 Å². The summed E-state index contributed by atoms with van der Waals surface area (Å²) in [5.41, 5.74) is 1.27. The van der Waals surface area contributed by atoms with Crippen molar-refractivity contribution in [3.8, 4) is 0 Å². The quantitative estimate of drug-likeness (QED) is 0.868. The Morgan fingerprint density at radius 3 is 2.84 bits per heavy atom. The SMILES string of the molecule is Brc1cnn(C2CN(Cc3cnoc3C3CC3)C2)c1. The van der Waals surface area contributed by atoms with E-state index in [9.17, 15) is 0 Å². The van der Waals surface area contributed by atoms with E-state index in [1.54, 1.807) is 0 Å². The van der Waals surface area contributed by atoms with Gasteiger partial charge in [-0.15, -0.1) is 0 Å². The number of aromatic nitrogens is 3. The molecule has 0 bridgehead atoms. The van der Waals surface area contributed by atoms with Crippen LogP contribution < -0.4 is 0 Å². The van der Waals surface area contributed by atoms with Gasteiger partial charge < -0.3 is 4.52 Å². The van der Waals surface area contributed by atoms with Gasteiger partial charge in [0.1, 0.15) is 5.76 Å². The molecule has 1 saturated carbocycles. The summed E-state index contributed by atoms with van der Waals surface area (Å²) in [4.78, 5) is 2.42. The molecular formula is C13H15BrN4O. The minimum Gasteiger partial charge on any atom is -0.361 e. The second kappa shape index (κ2) is 4.45. The van der Waals surface area contributed by atoms with Crippen LogP contribution in [0.25, 0.3) is 0 Å². The lowest BCUT2D eigenvalue weighted by atomic mass is 10.1. The second-order valence-electron chi connectivity index (χ2n) is 5.48. The summed E-state index contributed by atoms with van der Waals surface area (Å²) < 4.78 is 8.45. The molecule has 4 rings (SSSR count). The minimum atomic E-state index is 0.496. The van der Waals surface area contributed by atoms with Gasteiger partial charge in [0.25, 0.3) is 0 Å². The first-order valence-electron chi connectivity index (χ1n) is 6.65. The highest BCUT2D eigenvalue weighted by molar-refractivity contribution is 9.10. The van der Waals surface area contributed by atoms with Crippen molar-refractivity contribution in [1.29, 1.82) is 0 Å². The second-order valence-corrected chi connectivity index (χ2v) is 6.39. The van der Waals surface area contributed by atoms with Crippen LogP contribution in [-0.4, -0.2) is 32.9 Å². The highest BCUT2D eigenvalue weighted by Gasteiger charge is 2.33. The summed E-state index contributed by atoms with van der Waals surface area (Å²) in [5, 5.41) is 8.29. The molecule has 0 spiro atoms. The van der Waals surface area contributed by atoms with Crippen molar-refractivity contribution < 1.29 is 4.52 Å². The number of hydrogen-bond acceptors (Lipinski definition) is 4. The Balaban J connectivity index is 1.37. The molecule has 2 aliphatic rings. The Bertz CT molecular complexity index is 583. The van der Waals surface area contributed by atoms with Crippen LogP contribution in [0.1, 0.15) is 36.1 Å². The Hall–Kier alpha value is -1.14. The number of nitrogens with zero attached hydrogens (tertiary/aromatic N) is 4. The average molecular weight is 323 g/mol. The van der Waals surface area contributed by atoms with Gasteiger partial charge in [0.2, 0.25) is 0 Å².